The van der Waals surface area contributed by atoms with Gasteiger partial charge < -0.3 is 15.3 Å². The molecule has 7 heteroatoms. The van der Waals surface area contributed by atoms with Gasteiger partial charge in [-0.3, -0.25) is 4.79 Å². The number of carboxylic acids is 1. The predicted octanol–water partition coefficient (Wildman–Crippen LogP) is 2.02. The molecule has 1 aliphatic rings. The number of amides is 2. The molecule has 1 aromatic heterocycles. The van der Waals surface area contributed by atoms with Crippen molar-refractivity contribution < 1.29 is 14.7 Å². The zero-order valence-corrected chi connectivity index (χ0v) is 12.4. The first-order valence-corrected chi connectivity index (χ1v) is 7.49. The lowest BCUT2D eigenvalue weighted by Gasteiger charge is -2.31. The quantitative estimate of drug-likeness (QED) is 0.894. The Morgan fingerprint density at radius 3 is 2.95 bits per heavy atom. The van der Waals surface area contributed by atoms with Crippen molar-refractivity contribution in [2.45, 2.75) is 32.7 Å². The lowest BCUT2D eigenvalue weighted by Crippen LogP contribution is -2.47. The molecule has 0 aliphatic carbocycles. The topological polar surface area (TPSA) is 82.5 Å². The van der Waals surface area contributed by atoms with Gasteiger partial charge in [0.1, 0.15) is 5.01 Å². The van der Waals surface area contributed by atoms with Crippen LogP contribution in [-0.4, -0.2) is 40.1 Å². The average molecular weight is 297 g/mol. The number of piperidine rings is 1. The average Bonchev–Trinajstić information content (AvgIpc) is 2.85. The summed E-state index contributed by atoms with van der Waals surface area (Å²) in [6, 6.07) is -0.372. The number of nitrogens with one attached hydrogen (secondary N) is 1. The molecule has 2 atom stereocenters. The molecule has 1 aliphatic heterocycles. The summed E-state index contributed by atoms with van der Waals surface area (Å²) in [5.41, 5.74) is 0. The van der Waals surface area contributed by atoms with Gasteiger partial charge in [-0.2, -0.15) is 0 Å². The second kappa shape index (κ2) is 6.21. The zero-order valence-electron chi connectivity index (χ0n) is 11.6. The second-order valence-corrected chi connectivity index (χ2v) is 6.37. The van der Waals surface area contributed by atoms with E-state index in [1.807, 2.05) is 13.8 Å². The van der Waals surface area contributed by atoms with Crippen LogP contribution < -0.4 is 5.32 Å². The van der Waals surface area contributed by atoms with Gasteiger partial charge in [-0.05, 0) is 26.7 Å². The molecule has 1 aromatic rings. The van der Waals surface area contributed by atoms with Crippen LogP contribution in [0.25, 0.3) is 0 Å². The molecule has 110 valence electrons. The monoisotopic (exact) mass is 297 g/mol. The number of rotatable bonds is 3. The van der Waals surface area contributed by atoms with Crippen LogP contribution in [0.4, 0.5) is 4.79 Å². The minimum Gasteiger partial charge on any atom is -0.481 e. The predicted molar refractivity (Wildman–Crippen MR) is 75.7 cm³/mol. The van der Waals surface area contributed by atoms with Gasteiger partial charge in [0.25, 0.3) is 0 Å². The Morgan fingerprint density at radius 2 is 2.35 bits per heavy atom. The normalized spacial score (nSPS) is 20.5. The second-order valence-electron chi connectivity index (χ2n) is 5.10. The van der Waals surface area contributed by atoms with Crippen LogP contribution in [0.5, 0.6) is 0 Å². The number of urea groups is 1. The van der Waals surface area contributed by atoms with E-state index in [1.54, 1.807) is 22.4 Å². The summed E-state index contributed by atoms with van der Waals surface area (Å²) in [5.74, 6) is -1.28. The Hall–Kier alpha value is -1.63. The van der Waals surface area contributed by atoms with Crippen LogP contribution in [0.2, 0.25) is 0 Å². The number of carboxylic acid groups (broad SMARTS) is 1. The summed E-state index contributed by atoms with van der Waals surface area (Å²) in [5, 5.41) is 12.8. The number of carbonyl (C=O) groups is 2. The first-order valence-electron chi connectivity index (χ1n) is 6.68. The third kappa shape index (κ3) is 3.47. The van der Waals surface area contributed by atoms with Crippen LogP contribution in [-0.2, 0) is 4.79 Å². The molecule has 2 rings (SSSR count). The first kappa shape index (κ1) is 14.8. The van der Waals surface area contributed by atoms with E-state index in [-0.39, 0.29) is 18.6 Å². The first-order chi connectivity index (χ1) is 9.47. The summed E-state index contributed by atoms with van der Waals surface area (Å²) >= 11 is 1.55. The van der Waals surface area contributed by atoms with Crippen molar-refractivity contribution in [2.24, 2.45) is 5.92 Å². The SMILES string of the molecule is Cc1cnc(C(C)NC(=O)N2CCCC(C(=O)O)C2)s1. The largest absolute Gasteiger partial charge is 0.481 e. The summed E-state index contributed by atoms with van der Waals surface area (Å²) in [6.07, 6.45) is 3.15. The molecule has 1 fully saturated rings. The van der Waals surface area contributed by atoms with Crippen LogP contribution in [0.15, 0.2) is 6.20 Å². The van der Waals surface area contributed by atoms with Crippen LogP contribution in [0.1, 0.15) is 35.7 Å². The summed E-state index contributed by atoms with van der Waals surface area (Å²) in [7, 11) is 0. The molecule has 0 aromatic carbocycles. The summed E-state index contributed by atoms with van der Waals surface area (Å²) in [4.78, 5) is 30.1. The fraction of sp³-hybridized carbons (Fsp3) is 0.615. The van der Waals surface area contributed by atoms with E-state index >= 15 is 0 Å². The number of aryl methyl sites for hydroxylation is 1. The Bertz CT molecular complexity index is 503. The highest BCUT2D eigenvalue weighted by Crippen LogP contribution is 2.21. The van der Waals surface area contributed by atoms with E-state index in [0.717, 1.165) is 16.3 Å². The molecule has 2 N–H and O–H groups in total. The highest BCUT2D eigenvalue weighted by Gasteiger charge is 2.28. The molecule has 2 heterocycles. The third-order valence-electron chi connectivity index (χ3n) is 3.41. The maximum atomic E-state index is 12.2. The van der Waals surface area contributed by atoms with Crippen LogP contribution in [0, 0.1) is 12.8 Å². The number of likely N-dealkylation sites (tertiary alicyclic amines) is 1. The number of nitrogens with zero attached hydrogens (tertiary/aromatic N) is 2. The Morgan fingerprint density at radius 1 is 1.60 bits per heavy atom. The van der Waals surface area contributed by atoms with Gasteiger partial charge in [0.15, 0.2) is 0 Å². The molecular weight excluding hydrogens is 278 g/mol. The molecule has 2 unspecified atom stereocenters. The van der Waals surface area contributed by atoms with E-state index in [4.69, 9.17) is 5.11 Å². The summed E-state index contributed by atoms with van der Waals surface area (Å²) < 4.78 is 0. The molecule has 2 amide bonds. The van der Waals surface area contributed by atoms with Gasteiger partial charge in [0.2, 0.25) is 0 Å². The molecular formula is C13H19N3O3S. The standard InChI is InChI=1S/C13H19N3O3S/c1-8-6-14-11(20-8)9(2)15-13(19)16-5-3-4-10(7-16)12(17)18/h6,9-10H,3-5,7H2,1-2H3,(H,15,19)(H,17,18). The number of aliphatic carboxylic acids is 1. The highest BCUT2D eigenvalue weighted by atomic mass is 32.1. The van der Waals surface area contributed by atoms with Crippen molar-refractivity contribution in [3.05, 3.63) is 16.1 Å². The molecule has 0 spiro atoms. The van der Waals surface area contributed by atoms with E-state index in [0.29, 0.717) is 13.0 Å². The van der Waals surface area contributed by atoms with E-state index in [1.165, 1.54) is 0 Å². The van der Waals surface area contributed by atoms with Gasteiger partial charge in [-0.15, -0.1) is 11.3 Å². The number of carbonyl (C=O) groups excluding carboxylic acids is 1. The fourth-order valence-corrected chi connectivity index (χ4v) is 3.05. The number of hydrogen-bond acceptors (Lipinski definition) is 4. The fourth-order valence-electron chi connectivity index (χ4n) is 2.27. The van der Waals surface area contributed by atoms with Crippen molar-refractivity contribution in [2.75, 3.05) is 13.1 Å². The minimum atomic E-state index is -0.828. The van der Waals surface area contributed by atoms with Crippen molar-refractivity contribution in [1.29, 1.82) is 0 Å². The van der Waals surface area contributed by atoms with Crippen LogP contribution >= 0.6 is 11.3 Å². The third-order valence-corrected chi connectivity index (χ3v) is 4.50. The Balaban J connectivity index is 1.92. The highest BCUT2D eigenvalue weighted by molar-refractivity contribution is 7.11. The van der Waals surface area contributed by atoms with E-state index in [9.17, 15) is 9.59 Å². The molecule has 0 radical (unpaired) electrons. The van der Waals surface area contributed by atoms with Crippen molar-refractivity contribution in [3.8, 4) is 0 Å². The van der Waals surface area contributed by atoms with E-state index < -0.39 is 11.9 Å². The lowest BCUT2D eigenvalue weighted by molar-refractivity contribution is -0.143. The molecule has 1 saturated heterocycles. The maximum Gasteiger partial charge on any atom is 0.317 e. The van der Waals surface area contributed by atoms with Gasteiger partial charge in [0, 0.05) is 24.2 Å². The number of hydrogen-bond donors (Lipinski definition) is 2. The van der Waals surface area contributed by atoms with Gasteiger partial charge >= 0.3 is 12.0 Å². The number of thiazole rings is 1. The molecule has 20 heavy (non-hydrogen) atoms. The minimum absolute atomic E-state index is 0.161. The summed E-state index contributed by atoms with van der Waals surface area (Å²) in [6.45, 7) is 4.75. The molecule has 6 nitrogen and oxygen atoms in total. The van der Waals surface area contributed by atoms with Crippen molar-refractivity contribution >= 4 is 23.3 Å². The number of aromatic nitrogens is 1. The molecule has 0 saturated carbocycles. The van der Waals surface area contributed by atoms with Gasteiger partial charge in [0.05, 0.1) is 12.0 Å². The zero-order chi connectivity index (χ0) is 14.7. The Kier molecular flexibility index (Phi) is 4.59. The van der Waals surface area contributed by atoms with Gasteiger partial charge in [-0.25, -0.2) is 9.78 Å². The maximum absolute atomic E-state index is 12.2. The van der Waals surface area contributed by atoms with Crippen molar-refractivity contribution in [1.82, 2.24) is 15.2 Å². The van der Waals surface area contributed by atoms with Crippen molar-refractivity contribution in [3.63, 3.8) is 0 Å². The van der Waals surface area contributed by atoms with Crippen LogP contribution in [0.3, 0.4) is 0 Å². The molecule has 0 bridgehead atoms. The van der Waals surface area contributed by atoms with Gasteiger partial charge in [-0.1, -0.05) is 0 Å². The lowest BCUT2D eigenvalue weighted by atomic mass is 9.99. The Labute approximate surface area is 121 Å². The smallest absolute Gasteiger partial charge is 0.317 e. The van der Waals surface area contributed by atoms with E-state index in [2.05, 4.69) is 10.3 Å².